The highest BCUT2D eigenvalue weighted by Gasteiger charge is 2.35. The Morgan fingerprint density at radius 2 is 1.79 bits per heavy atom. The smallest absolute Gasteiger partial charge is 0.510 e. The molecule has 14 nitrogen and oxygen atoms in total. The molecule has 3 aromatic rings. The SMILES string of the molecule is COC(=O)OCO/N=[N+](\[O-])N(C)CCCC(=O)NS(=O)(=O)c1ccc(-n2nc(C(F)(F)F)cc2-c2ccc(C)cc2)cc1. The van der Waals surface area contributed by atoms with E-state index >= 15 is 0 Å². The number of methoxy groups -OCH3 is 1. The van der Waals surface area contributed by atoms with E-state index in [4.69, 9.17) is 0 Å². The van der Waals surface area contributed by atoms with Gasteiger partial charge in [0.05, 0.1) is 41.9 Å². The number of aromatic nitrogens is 2. The lowest BCUT2D eigenvalue weighted by Crippen LogP contribution is -2.32. The molecule has 0 aliphatic rings. The van der Waals surface area contributed by atoms with Crippen LogP contribution in [0.5, 0.6) is 0 Å². The van der Waals surface area contributed by atoms with Crippen LogP contribution in [0.15, 0.2) is 64.8 Å². The summed E-state index contributed by atoms with van der Waals surface area (Å²) in [5, 5.41) is 19.6. The minimum Gasteiger partial charge on any atom is -0.569 e. The van der Waals surface area contributed by atoms with Crippen LogP contribution in [-0.2, 0) is 35.3 Å². The number of carbonyl (C=O) groups is 2. The number of hydrogen-bond acceptors (Lipinski definition) is 10. The molecule has 0 atom stereocenters. The summed E-state index contributed by atoms with van der Waals surface area (Å²) in [6.07, 6.45) is -5.98. The first kappa shape index (κ1) is 32.6. The number of rotatable bonds is 12. The van der Waals surface area contributed by atoms with Gasteiger partial charge in [0.15, 0.2) is 5.69 Å². The Bertz CT molecular complexity index is 1560. The molecular weight excluding hydrogens is 601 g/mol. The van der Waals surface area contributed by atoms with E-state index in [1.54, 1.807) is 24.3 Å². The maximum Gasteiger partial charge on any atom is 0.510 e. The average molecular weight is 629 g/mol. The van der Waals surface area contributed by atoms with Gasteiger partial charge in [-0.25, -0.2) is 22.6 Å². The van der Waals surface area contributed by atoms with Crippen LogP contribution in [0.2, 0.25) is 0 Å². The van der Waals surface area contributed by atoms with Crippen molar-refractivity contribution in [1.82, 2.24) is 19.5 Å². The van der Waals surface area contributed by atoms with Crippen molar-refractivity contribution in [3.8, 4) is 16.9 Å². The summed E-state index contributed by atoms with van der Waals surface area (Å²) in [6, 6.07) is 12.5. The Hall–Kier alpha value is -4.87. The van der Waals surface area contributed by atoms with Gasteiger partial charge in [0.2, 0.25) is 11.2 Å². The van der Waals surface area contributed by atoms with Gasteiger partial charge in [0, 0.05) is 12.0 Å². The lowest BCUT2D eigenvalue weighted by molar-refractivity contribution is -0.706. The van der Waals surface area contributed by atoms with Crippen molar-refractivity contribution >= 4 is 22.1 Å². The maximum atomic E-state index is 13.4. The van der Waals surface area contributed by atoms with Crippen LogP contribution in [0.25, 0.3) is 16.9 Å². The number of nitrogens with one attached hydrogen (secondary N) is 1. The summed E-state index contributed by atoms with van der Waals surface area (Å²) in [6.45, 7) is 1.13. The lowest BCUT2D eigenvalue weighted by Gasteiger charge is -2.13. The molecule has 18 heteroatoms. The average Bonchev–Trinajstić information content (AvgIpc) is 3.41. The van der Waals surface area contributed by atoms with Crippen molar-refractivity contribution in [2.45, 2.75) is 30.8 Å². The molecule has 0 fully saturated rings. The number of amides is 1. The van der Waals surface area contributed by atoms with Gasteiger partial charge < -0.3 is 19.5 Å². The molecule has 2 aromatic carbocycles. The third-order valence-corrected chi connectivity index (χ3v) is 7.08. The minimum atomic E-state index is -4.71. The molecule has 0 saturated carbocycles. The number of ether oxygens (including phenoxy) is 2. The molecule has 0 bridgehead atoms. The van der Waals surface area contributed by atoms with Gasteiger partial charge in [0.1, 0.15) is 0 Å². The number of hydrazine groups is 1. The predicted octanol–water partition coefficient (Wildman–Crippen LogP) is 3.93. The molecular formula is C25H27F3N6O8S. The lowest BCUT2D eigenvalue weighted by atomic mass is 10.1. The Morgan fingerprint density at radius 1 is 1.14 bits per heavy atom. The summed E-state index contributed by atoms with van der Waals surface area (Å²) in [5.74, 6) is -0.863. The topological polar surface area (TPSA) is 167 Å². The van der Waals surface area contributed by atoms with Gasteiger partial charge in [-0.05, 0) is 43.7 Å². The van der Waals surface area contributed by atoms with Crippen molar-refractivity contribution < 1.29 is 50.5 Å². The van der Waals surface area contributed by atoms with Crippen LogP contribution in [0.4, 0.5) is 18.0 Å². The molecule has 0 spiro atoms. The number of carbonyl (C=O) groups excluding carboxylic acids is 2. The van der Waals surface area contributed by atoms with Crippen LogP contribution in [0.1, 0.15) is 24.1 Å². The summed E-state index contributed by atoms with van der Waals surface area (Å²) in [5.41, 5.74) is 0.565. The number of sulfonamides is 1. The standard InChI is InChI=1S/C25H27F3N6O8S/c1-17-6-8-18(9-7-17)21-15-22(25(26,27)28)29-33(21)19-10-12-20(13-11-19)43(38,39)30-23(35)5-4-14-32(2)34(37)31-42-16-41-24(36)40-3/h6-13,15H,4-5,14,16H2,1-3H3,(H,30,35)/b34-31-. The van der Waals surface area contributed by atoms with Gasteiger partial charge in [-0.1, -0.05) is 29.8 Å². The predicted molar refractivity (Wildman–Crippen MR) is 141 cm³/mol. The molecule has 0 aliphatic heterocycles. The normalized spacial score (nSPS) is 12.0. The fraction of sp³-hybridized carbons (Fsp3) is 0.320. The highest BCUT2D eigenvalue weighted by atomic mass is 32.2. The largest absolute Gasteiger partial charge is 0.569 e. The first-order valence-corrected chi connectivity index (χ1v) is 13.8. The molecule has 232 valence electrons. The van der Waals surface area contributed by atoms with Crippen molar-refractivity contribution in [1.29, 1.82) is 0 Å². The van der Waals surface area contributed by atoms with Crippen molar-refractivity contribution in [3.63, 3.8) is 0 Å². The van der Waals surface area contributed by atoms with E-state index < -0.39 is 40.7 Å². The van der Waals surface area contributed by atoms with Crippen LogP contribution in [0, 0.1) is 12.1 Å². The van der Waals surface area contributed by atoms with Crippen LogP contribution >= 0.6 is 0 Å². The number of alkyl halides is 3. The Kier molecular flexibility index (Phi) is 10.5. The zero-order valence-corrected chi connectivity index (χ0v) is 23.9. The number of aryl methyl sites for hydroxylation is 1. The third-order valence-electron chi connectivity index (χ3n) is 5.69. The second-order valence-corrected chi connectivity index (χ2v) is 10.6. The van der Waals surface area contributed by atoms with Crippen LogP contribution < -0.4 is 4.72 Å². The van der Waals surface area contributed by atoms with Gasteiger partial charge in [-0.15, -0.1) is 5.01 Å². The first-order chi connectivity index (χ1) is 20.2. The molecule has 1 amide bonds. The molecule has 0 saturated heterocycles. The number of hydrogen-bond donors (Lipinski definition) is 1. The highest BCUT2D eigenvalue weighted by molar-refractivity contribution is 7.90. The van der Waals surface area contributed by atoms with E-state index in [-0.39, 0.29) is 40.6 Å². The van der Waals surface area contributed by atoms with E-state index in [2.05, 4.69) is 24.7 Å². The third kappa shape index (κ3) is 9.06. The zero-order valence-electron chi connectivity index (χ0n) is 23.1. The van der Waals surface area contributed by atoms with E-state index in [0.29, 0.717) is 5.56 Å². The van der Waals surface area contributed by atoms with Gasteiger partial charge in [0.25, 0.3) is 16.8 Å². The minimum absolute atomic E-state index is 0.0243. The Morgan fingerprint density at radius 3 is 2.40 bits per heavy atom. The summed E-state index contributed by atoms with van der Waals surface area (Å²) >= 11 is 0. The van der Waals surface area contributed by atoms with E-state index in [1.165, 1.54) is 19.2 Å². The molecule has 1 N–H and O–H groups in total. The fourth-order valence-corrected chi connectivity index (χ4v) is 4.51. The van der Waals surface area contributed by atoms with Gasteiger partial charge >= 0.3 is 12.3 Å². The first-order valence-electron chi connectivity index (χ1n) is 12.3. The molecule has 3 rings (SSSR count). The molecule has 0 radical (unpaired) electrons. The van der Waals surface area contributed by atoms with Crippen molar-refractivity contribution in [3.05, 3.63) is 71.1 Å². The van der Waals surface area contributed by atoms with Gasteiger partial charge in [-0.3, -0.25) is 4.79 Å². The van der Waals surface area contributed by atoms with Crippen molar-refractivity contribution in [2.75, 3.05) is 27.5 Å². The monoisotopic (exact) mass is 628 g/mol. The Balaban J connectivity index is 1.63. The molecule has 1 aromatic heterocycles. The van der Waals surface area contributed by atoms with Crippen LogP contribution in [-0.4, -0.2) is 67.7 Å². The Labute approximate surface area is 243 Å². The molecule has 0 unspecified atom stereocenters. The zero-order chi connectivity index (χ0) is 31.8. The summed E-state index contributed by atoms with van der Waals surface area (Å²) < 4.78 is 77.3. The van der Waals surface area contributed by atoms with Crippen LogP contribution in [0.3, 0.4) is 0 Å². The van der Waals surface area contributed by atoms with E-state index in [1.807, 2.05) is 11.6 Å². The maximum absolute atomic E-state index is 13.4. The molecule has 43 heavy (non-hydrogen) atoms. The van der Waals surface area contributed by atoms with Gasteiger partial charge in [-0.2, -0.15) is 18.3 Å². The summed E-state index contributed by atoms with van der Waals surface area (Å²) in [7, 11) is -1.92. The number of nitrogens with zero attached hydrogens (tertiary/aromatic N) is 5. The fourth-order valence-electron chi connectivity index (χ4n) is 3.50. The summed E-state index contributed by atoms with van der Waals surface area (Å²) in [4.78, 5) is 27.2. The molecule has 0 aliphatic carbocycles. The van der Waals surface area contributed by atoms with E-state index in [0.717, 1.165) is 40.6 Å². The second kappa shape index (κ2) is 13.9. The highest BCUT2D eigenvalue weighted by Crippen LogP contribution is 2.33. The number of halogens is 3. The van der Waals surface area contributed by atoms with Crippen molar-refractivity contribution in [2.24, 2.45) is 5.28 Å². The molecule has 1 heterocycles. The number of benzene rings is 2. The van der Waals surface area contributed by atoms with E-state index in [9.17, 15) is 36.4 Å². The quantitative estimate of drug-likeness (QED) is 0.0775. The second-order valence-electron chi connectivity index (χ2n) is 8.88.